The molecule has 0 aliphatic rings. The highest BCUT2D eigenvalue weighted by atomic mass is 32.2. The zero-order chi connectivity index (χ0) is 22.2. The number of aryl methyl sites for hydroxylation is 1. The largest absolute Gasteiger partial charge is 0.591 e. The van der Waals surface area contributed by atoms with Gasteiger partial charge in [0.1, 0.15) is 21.9 Å². The number of nitriles is 1. The highest BCUT2D eigenvalue weighted by Crippen LogP contribution is 2.26. The van der Waals surface area contributed by atoms with E-state index in [0.717, 1.165) is 5.56 Å². The minimum absolute atomic E-state index is 0.211. The van der Waals surface area contributed by atoms with E-state index in [-0.39, 0.29) is 5.56 Å². The number of rotatable bonds is 3. The van der Waals surface area contributed by atoms with Crippen LogP contribution < -0.4 is 5.56 Å². The van der Waals surface area contributed by atoms with Crippen LogP contribution in [0.3, 0.4) is 0 Å². The molecule has 7 heteroatoms. The van der Waals surface area contributed by atoms with E-state index < -0.39 is 16.1 Å². The summed E-state index contributed by atoms with van der Waals surface area (Å²) in [6.07, 6.45) is 0. The fourth-order valence-electron chi connectivity index (χ4n) is 3.12. The van der Waals surface area contributed by atoms with Crippen LogP contribution in [0, 0.1) is 18.3 Å². The third-order valence-corrected chi connectivity index (χ3v) is 6.23. The number of aromatic nitrogens is 2. The number of hydrogen-bond acceptors (Lipinski definition) is 5. The van der Waals surface area contributed by atoms with Crippen molar-refractivity contribution in [2.45, 2.75) is 39.4 Å². The van der Waals surface area contributed by atoms with Crippen molar-refractivity contribution in [1.82, 2.24) is 9.55 Å². The van der Waals surface area contributed by atoms with Crippen molar-refractivity contribution in [2.24, 2.45) is 11.4 Å². The Morgan fingerprint density at radius 1 is 1.27 bits per heavy atom. The molecule has 6 nitrogen and oxygen atoms in total. The first-order valence-electron chi connectivity index (χ1n) is 9.53. The van der Waals surface area contributed by atoms with Gasteiger partial charge in [-0.05, 0) is 64.4 Å². The number of hydrogen-bond donors (Lipinski definition) is 0. The molecule has 30 heavy (non-hydrogen) atoms. The first kappa shape index (κ1) is 21.8. The van der Waals surface area contributed by atoms with Gasteiger partial charge in [-0.25, -0.2) is 4.98 Å². The van der Waals surface area contributed by atoms with Crippen LogP contribution in [-0.4, -0.2) is 24.6 Å². The monoisotopic (exact) mass is 420 g/mol. The van der Waals surface area contributed by atoms with Gasteiger partial charge >= 0.3 is 0 Å². The molecule has 0 amide bonds. The fraction of sp³-hybridized carbons (Fsp3) is 0.304. The predicted molar refractivity (Wildman–Crippen MR) is 122 cm³/mol. The van der Waals surface area contributed by atoms with Crippen LogP contribution in [0.5, 0.6) is 0 Å². The van der Waals surface area contributed by atoms with Crippen LogP contribution >= 0.6 is 0 Å². The maximum absolute atomic E-state index is 13.2. The number of nitrogens with zero attached hydrogens (tertiary/aromatic N) is 4. The Balaban J connectivity index is 2.36. The summed E-state index contributed by atoms with van der Waals surface area (Å²) in [7, 11) is 1.65. The van der Waals surface area contributed by atoms with Crippen LogP contribution in [-0.2, 0) is 18.4 Å². The molecule has 0 aliphatic heterocycles. The molecule has 3 aromatic rings. The second-order valence-electron chi connectivity index (χ2n) is 8.20. The van der Waals surface area contributed by atoms with E-state index in [9.17, 15) is 14.6 Å². The van der Waals surface area contributed by atoms with E-state index in [1.165, 1.54) is 4.57 Å². The smallest absolute Gasteiger partial charge is 0.261 e. The van der Waals surface area contributed by atoms with Crippen molar-refractivity contribution in [3.8, 4) is 17.5 Å². The second-order valence-corrected chi connectivity index (χ2v) is 10.1. The Hall–Kier alpha value is -2.95. The molecule has 1 heterocycles. The molecule has 0 fully saturated rings. The highest BCUT2D eigenvalue weighted by Gasteiger charge is 2.27. The minimum Gasteiger partial charge on any atom is -0.591 e. The lowest BCUT2D eigenvalue weighted by Gasteiger charge is -2.19. The lowest BCUT2D eigenvalue weighted by Crippen LogP contribution is -2.27. The summed E-state index contributed by atoms with van der Waals surface area (Å²) in [5, 5.41) is 9.95. The molecule has 0 saturated carbocycles. The van der Waals surface area contributed by atoms with E-state index in [4.69, 9.17) is 4.98 Å². The SMILES string of the molecule is CC(=N[S@+]([O-])C(C)(C)C)c1cc(C)cc2c(=O)n(C)c(-c3ccccc3C#N)nc12. The summed E-state index contributed by atoms with van der Waals surface area (Å²) in [6, 6.07) is 12.9. The van der Waals surface area contributed by atoms with Gasteiger partial charge in [0.05, 0.1) is 28.2 Å². The van der Waals surface area contributed by atoms with Crippen molar-refractivity contribution in [3.05, 3.63) is 63.4 Å². The first-order chi connectivity index (χ1) is 14.0. The van der Waals surface area contributed by atoms with Crippen molar-refractivity contribution in [1.29, 1.82) is 5.26 Å². The van der Waals surface area contributed by atoms with Crippen molar-refractivity contribution < 1.29 is 4.55 Å². The van der Waals surface area contributed by atoms with Gasteiger partial charge in [-0.15, -0.1) is 0 Å². The van der Waals surface area contributed by atoms with Crippen molar-refractivity contribution >= 4 is 28.0 Å². The number of benzene rings is 2. The highest BCUT2D eigenvalue weighted by molar-refractivity contribution is 7.91. The minimum atomic E-state index is -1.44. The summed E-state index contributed by atoms with van der Waals surface area (Å²) in [5.74, 6) is 0.402. The summed E-state index contributed by atoms with van der Waals surface area (Å²) in [5.41, 5.74) is 3.40. The van der Waals surface area contributed by atoms with Gasteiger partial charge in [-0.1, -0.05) is 16.5 Å². The molecule has 0 bridgehead atoms. The topological polar surface area (TPSA) is 94.1 Å². The van der Waals surface area contributed by atoms with Crippen LogP contribution in [0.2, 0.25) is 0 Å². The number of fused-ring (bicyclic) bond motifs is 1. The molecule has 0 aliphatic carbocycles. The van der Waals surface area contributed by atoms with Crippen molar-refractivity contribution in [3.63, 3.8) is 0 Å². The second kappa shape index (κ2) is 8.05. The average molecular weight is 421 g/mol. The van der Waals surface area contributed by atoms with Gasteiger partial charge in [0.25, 0.3) is 5.56 Å². The summed E-state index contributed by atoms with van der Waals surface area (Å²) in [6.45, 7) is 9.26. The molecular formula is C23H24N4O2S. The molecule has 0 spiro atoms. The quantitative estimate of drug-likeness (QED) is 0.472. The van der Waals surface area contributed by atoms with Gasteiger partial charge < -0.3 is 4.55 Å². The molecular weight excluding hydrogens is 396 g/mol. The van der Waals surface area contributed by atoms with E-state index in [1.54, 1.807) is 38.2 Å². The molecule has 0 radical (unpaired) electrons. The van der Waals surface area contributed by atoms with Crippen LogP contribution in [0.1, 0.15) is 44.4 Å². The van der Waals surface area contributed by atoms with E-state index in [2.05, 4.69) is 10.5 Å². The lowest BCUT2D eigenvalue weighted by molar-refractivity contribution is 0.561. The zero-order valence-electron chi connectivity index (χ0n) is 18.0. The molecule has 1 atom stereocenters. The van der Waals surface area contributed by atoms with Crippen molar-refractivity contribution in [2.75, 3.05) is 0 Å². The molecule has 0 N–H and O–H groups in total. The summed E-state index contributed by atoms with van der Waals surface area (Å²) < 4.78 is 17.9. The Morgan fingerprint density at radius 2 is 1.93 bits per heavy atom. The lowest BCUT2D eigenvalue weighted by atomic mass is 10.0. The molecule has 3 rings (SSSR count). The van der Waals surface area contributed by atoms with Crippen LogP contribution in [0.4, 0.5) is 0 Å². The molecule has 1 aromatic heterocycles. The molecule has 0 unspecified atom stereocenters. The standard InChI is InChI=1S/C23H24N4O2S/c1-14-11-18(15(2)26-30(29)23(3,4)5)20-19(12-14)22(28)27(6)21(25-20)17-10-8-7-9-16(17)13-24/h7-12H,1-6H3/t30-/m1/s1. The molecule has 0 saturated heterocycles. The third-order valence-electron chi connectivity index (χ3n) is 4.75. The van der Waals surface area contributed by atoms with Gasteiger partial charge in [0.2, 0.25) is 0 Å². The normalized spacial score (nSPS) is 13.3. The Kier molecular flexibility index (Phi) is 5.84. The Labute approximate surface area is 179 Å². The third kappa shape index (κ3) is 4.02. The van der Waals surface area contributed by atoms with Gasteiger partial charge in [0.15, 0.2) is 0 Å². The predicted octanol–water partition coefficient (Wildman–Crippen LogP) is 4.05. The van der Waals surface area contributed by atoms with E-state index in [0.29, 0.717) is 39.1 Å². The van der Waals surface area contributed by atoms with Gasteiger partial charge in [-0.3, -0.25) is 9.36 Å². The maximum atomic E-state index is 13.2. The molecule has 154 valence electrons. The van der Waals surface area contributed by atoms with Gasteiger partial charge in [0, 0.05) is 18.2 Å². The fourth-order valence-corrected chi connectivity index (χ4v) is 3.74. The van der Waals surface area contributed by atoms with Crippen LogP contribution in [0.15, 0.2) is 45.6 Å². The average Bonchev–Trinajstić information content (AvgIpc) is 2.69. The first-order valence-corrected chi connectivity index (χ1v) is 10.6. The van der Waals surface area contributed by atoms with Gasteiger partial charge in [-0.2, -0.15) is 5.26 Å². The summed E-state index contributed by atoms with van der Waals surface area (Å²) >= 11 is -1.44. The Bertz CT molecular complexity index is 1260. The summed E-state index contributed by atoms with van der Waals surface area (Å²) in [4.78, 5) is 17.9. The van der Waals surface area contributed by atoms with E-state index in [1.807, 2.05) is 39.8 Å². The Morgan fingerprint density at radius 3 is 2.57 bits per heavy atom. The van der Waals surface area contributed by atoms with Crippen LogP contribution in [0.25, 0.3) is 22.3 Å². The zero-order valence-corrected chi connectivity index (χ0v) is 18.8. The molecule has 2 aromatic carbocycles. The van der Waals surface area contributed by atoms with E-state index >= 15 is 0 Å². The maximum Gasteiger partial charge on any atom is 0.261 e.